The first-order chi connectivity index (χ1) is 3.77. The molecule has 0 aliphatic heterocycles. The van der Waals surface area contributed by atoms with E-state index in [9.17, 15) is 4.79 Å². The molecule has 44 valence electrons. The van der Waals surface area contributed by atoms with Crippen LogP contribution < -0.4 is 5.32 Å². The van der Waals surface area contributed by atoms with E-state index < -0.39 is 6.09 Å². The molecule has 3 nitrogen and oxygen atoms in total. The topological polar surface area (TPSA) is 49.3 Å². The lowest BCUT2D eigenvalue weighted by molar-refractivity contribution is 0.199. The van der Waals surface area contributed by atoms with Crippen LogP contribution in [-0.4, -0.2) is 11.2 Å². The summed E-state index contributed by atoms with van der Waals surface area (Å²) in [6.45, 7) is 1.84. The molecule has 1 amide bonds. The molecule has 0 radical (unpaired) electrons. The number of hydrogen-bond acceptors (Lipinski definition) is 1. The van der Waals surface area contributed by atoms with E-state index in [2.05, 4.69) is 12.0 Å². The van der Waals surface area contributed by atoms with Gasteiger partial charge in [-0.1, -0.05) is 12.8 Å². The van der Waals surface area contributed by atoms with Crippen molar-refractivity contribution in [3.63, 3.8) is 0 Å². The first-order valence-corrected chi connectivity index (χ1v) is 2.24. The van der Waals surface area contributed by atoms with Crippen molar-refractivity contribution in [3.05, 3.63) is 0 Å². The fourth-order valence-corrected chi connectivity index (χ4v) is 0.186. The van der Waals surface area contributed by atoms with Gasteiger partial charge in [0.05, 0.1) is 0 Å². The minimum atomic E-state index is -1.11. The molecular weight excluding hydrogens is 106 g/mol. The zero-order valence-corrected chi connectivity index (χ0v) is 4.56. The highest BCUT2D eigenvalue weighted by molar-refractivity contribution is 5.66. The van der Waals surface area contributed by atoms with Gasteiger partial charge in [-0.2, -0.15) is 0 Å². The lowest BCUT2D eigenvalue weighted by Crippen LogP contribution is -2.13. The van der Waals surface area contributed by atoms with Crippen LogP contribution in [0.25, 0.3) is 0 Å². The summed E-state index contributed by atoms with van der Waals surface area (Å²) in [5.74, 6) is 2.54. The first kappa shape index (κ1) is 6.83. The fourth-order valence-electron chi connectivity index (χ4n) is 0.186. The van der Waals surface area contributed by atoms with Gasteiger partial charge in [0.1, 0.15) is 0 Å². The predicted octanol–water partition coefficient (Wildman–Crippen LogP) is 0.625. The van der Waals surface area contributed by atoms with Crippen LogP contribution in [0.2, 0.25) is 0 Å². The number of hydrogen-bond donors (Lipinski definition) is 2. The van der Waals surface area contributed by atoms with Crippen LogP contribution >= 0.6 is 0 Å². The van der Waals surface area contributed by atoms with E-state index >= 15 is 0 Å². The van der Waals surface area contributed by atoms with Crippen molar-refractivity contribution >= 4 is 6.09 Å². The molecule has 8 heavy (non-hydrogen) atoms. The Hall–Kier alpha value is -1.17. The second-order valence-electron chi connectivity index (χ2n) is 1.09. The average Bonchev–Trinajstić information content (AvgIpc) is 1.66. The molecule has 0 aromatic heterocycles. The van der Waals surface area contributed by atoms with Crippen LogP contribution in [0.15, 0.2) is 0 Å². The summed E-state index contributed by atoms with van der Waals surface area (Å²) in [4.78, 5) is 9.66. The van der Waals surface area contributed by atoms with Gasteiger partial charge < -0.3 is 5.11 Å². The second kappa shape index (κ2) is 4.00. The summed E-state index contributed by atoms with van der Waals surface area (Å²) >= 11 is 0. The third-order valence-corrected chi connectivity index (χ3v) is 0.435. The van der Waals surface area contributed by atoms with Crippen molar-refractivity contribution < 1.29 is 9.90 Å². The van der Waals surface area contributed by atoms with Gasteiger partial charge in [-0.05, 0) is 0 Å². The highest BCUT2D eigenvalue weighted by atomic mass is 16.4. The molecule has 0 aliphatic carbocycles. The van der Waals surface area contributed by atoms with E-state index in [-0.39, 0.29) is 0 Å². The fraction of sp³-hybridized carbons (Fsp3) is 0.400. The highest BCUT2D eigenvalue weighted by Gasteiger charge is 1.82. The maximum atomic E-state index is 9.66. The Morgan fingerprint density at radius 2 is 2.50 bits per heavy atom. The molecule has 2 N–H and O–H groups in total. The molecule has 0 aromatic carbocycles. The Morgan fingerprint density at radius 1 is 1.88 bits per heavy atom. The van der Waals surface area contributed by atoms with Crippen LogP contribution in [0.1, 0.15) is 13.3 Å². The third-order valence-electron chi connectivity index (χ3n) is 0.435. The average molecular weight is 113 g/mol. The molecule has 0 aliphatic rings. The van der Waals surface area contributed by atoms with Gasteiger partial charge in [0.2, 0.25) is 0 Å². The summed E-state index contributed by atoms with van der Waals surface area (Å²) in [6.07, 6.45) is -0.439. The zero-order chi connectivity index (χ0) is 6.41. The molecule has 0 aromatic rings. The monoisotopic (exact) mass is 113 g/mol. The van der Waals surface area contributed by atoms with Gasteiger partial charge in [-0.25, -0.2) is 10.1 Å². The number of carbonyl (C=O) groups is 1. The number of carboxylic acid groups (broad SMARTS) is 1. The minimum absolute atomic E-state index is 0.667. The largest absolute Gasteiger partial charge is 0.464 e. The van der Waals surface area contributed by atoms with Gasteiger partial charge in [0.15, 0.2) is 0 Å². The molecule has 0 rings (SSSR count). The Labute approximate surface area is 47.7 Å². The van der Waals surface area contributed by atoms with Crippen LogP contribution in [0, 0.1) is 12.0 Å². The molecular formula is C5H7NO2. The van der Waals surface area contributed by atoms with Crippen molar-refractivity contribution in [1.29, 1.82) is 0 Å². The molecule has 0 saturated carbocycles. The normalized spacial score (nSPS) is 6.62. The Bertz CT molecular complexity index is 131. The van der Waals surface area contributed by atoms with E-state index in [0.29, 0.717) is 6.42 Å². The summed E-state index contributed by atoms with van der Waals surface area (Å²) < 4.78 is 0. The van der Waals surface area contributed by atoms with E-state index in [1.807, 2.05) is 12.2 Å². The van der Waals surface area contributed by atoms with Crippen molar-refractivity contribution in [1.82, 2.24) is 5.32 Å². The van der Waals surface area contributed by atoms with Crippen molar-refractivity contribution in [2.24, 2.45) is 0 Å². The lowest BCUT2D eigenvalue weighted by Gasteiger charge is -1.80. The lowest BCUT2D eigenvalue weighted by atomic mass is 10.5. The molecule has 0 saturated heterocycles. The summed E-state index contributed by atoms with van der Waals surface area (Å²) in [5.41, 5.74) is 0. The predicted molar refractivity (Wildman–Crippen MR) is 29.2 cm³/mol. The smallest absolute Gasteiger partial charge is 0.416 e. The van der Waals surface area contributed by atoms with Crippen LogP contribution in [-0.2, 0) is 0 Å². The Kier molecular flexibility index (Phi) is 3.42. The Balaban J connectivity index is 3.29. The standard InChI is InChI=1S/C5H7NO2/c1-2-3-4-6-5(7)8/h6H,2H2,1H3,(H,7,8). The van der Waals surface area contributed by atoms with Crippen molar-refractivity contribution in [2.45, 2.75) is 13.3 Å². The van der Waals surface area contributed by atoms with Crippen molar-refractivity contribution in [3.8, 4) is 12.0 Å². The van der Waals surface area contributed by atoms with Crippen molar-refractivity contribution in [2.75, 3.05) is 0 Å². The molecule has 0 fully saturated rings. The molecule has 0 unspecified atom stereocenters. The first-order valence-electron chi connectivity index (χ1n) is 2.24. The van der Waals surface area contributed by atoms with E-state index in [0.717, 1.165) is 0 Å². The molecule has 0 heterocycles. The maximum absolute atomic E-state index is 9.66. The van der Waals surface area contributed by atoms with Gasteiger partial charge in [0, 0.05) is 12.5 Å². The number of rotatable bonds is 0. The van der Waals surface area contributed by atoms with Gasteiger partial charge in [-0.15, -0.1) is 0 Å². The maximum Gasteiger partial charge on any atom is 0.416 e. The van der Waals surface area contributed by atoms with Crippen LogP contribution in [0.4, 0.5) is 4.79 Å². The quantitative estimate of drug-likeness (QED) is 0.357. The minimum Gasteiger partial charge on any atom is -0.464 e. The SMILES string of the molecule is CCC#CNC(=O)O. The van der Waals surface area contributed by atoms with E-state index in [1.165, 1.54) is 0 Å². The molecule has 3 heteroatoms. The third kappa shape index (κ3) is 4.83. The molecule has 0 bridgehead atoms. The van der Waals surface area contributed by atoms with Crippen LogP contribution in [0.5, 0.6) is 0 Å². The number of nitrogens with one attached hydrogen (secondary N) is 1. The second-order valence-corrected chi connectivity index (χ2v) is 1.09. The van der Waals surface area contributed by atoms with Crippen LogP contribution in [0.3, 0.4) is 0 Å². The van der Waals surface area contributed by atoms with E-state index in [4.69, 9.17) is 5.11 Å². The summed E-state index contributed by atoms with van der Waals surface area (Å²) in [5, 5.41) is 9.83. The van der Waals surface area contributed by atoms with Gasteiger partial charge in [-0.3, -0.25) is 0 Å². The van der Waals surface area contributed by atoms with Gasteiger partial charge >= 0.3 is 6.09 Å². The highest BCUT2D eigenvalue weighted by Crippen LogP contribution is 1.63. The molecule has 0 spiro atoms. The Morgan fingerprint density at radius 3 is 2.88 bits per heavy atom. The summed E-state index contributed by atoms with van der Waals surface area (Å²) in [7, 11) is 0. The number of amides is 1. The molecule has 0 atom stereocenters. The van der Waals surface area contributed by atoms with Gasteiger partial charge in [0.25, 0.3) is 0 Å². The van der Waals surface area contributed by atoms with E-state index in [1.54, 1.807) is 0 Å². The summed E-state index contributed by atoms with van der Waals surface area (Å²) in [6, 6.07) is 2.23. The zero-order valence-electron chi connectivity index (χ0n) is 4.56.